The molecule has 3 aromatic rings. The van der Waals surface area contributed by atoms with Crippen molar-refractivity contribution in [3.63, 3.8) is 0 Å². The maximum Gasteiger partial charge on any atom is 0.259 e. The number of amides is 3. The number of thiazole rings is 1. The Hall–Kier alpha value is -4.48. The van der Waals surface area contributed by atoms with E-state index in [0.717, 1.165) is 26.7 Å². The van der Waals surface area contributed by atoms with E-state index in [1.165, 1.54) is 4.90 Å². The fourth-order valence-electron chi connectivity index (χ4n) is 5.39. The van der Waals surface area contributed by atoms with Crippen LogP contribution < -0.4 is 21.7 Å². The Labute approximate surface area is 295 Å². The smallest absolute Gasteiger partial charge is 0.259 e. The number of likely N-dealkylation sites (tertiary alicyclic amines) is 1. The molecule has 1 saturated heterocycles. The van der Waals surface area contributed by atoms with Crippen LogP contribution in [-0.4, -0.2) is 95.5 Å². The molecule has 1 aliphatic heterocycles. The zero-order valence-corrected chi connectivity index (χ0v) is 29.6. The highest BCUT2D eigenvalue weighted by atomic mass is 32.1. The number of ether oxygens (including phenoxy) is 3. The summed E-state index contributed by atoms with van der Waals surface area (Å²) in [5.74, 6) is 10.4. The van der Waals surface area contributed by atoms with Crippen molar-refractivity contribution < 1.29 is 33.7 Å². The van der Waals surface area contributed by atoms with Gasteiger partial charge in [-0.2, -0.15) is 0 Å². The van der Waals surface area contributed by atoms with Gasteiger partial charge in [0.05, 0.1) is 54.2 Å². The highest BCUT2D eigenvalue weighted by Gasteiger charge is 2.45. The SMILES string of the molecule is Cc1ncsc1-c1ccc(CN(N)C(=O)[C@@H]2C[C@@H](O)CN2C(=O)[C@@H](NC(=O)COCCOCCOc2ccc(N=NN)cc2)C(C)(C)C)cc1. The van der Waals surface area contributed by atoms with Crippen LogP contribution in [0.4, 0.5) is 5.69 Å². The van der Waals surface area contributed by atoms with Crippen molar-refractivity contribution in [2.45, 2.75) is 58.8 Å². The monoisotopic (exact) mass is 710 g/mol. The summed E-state index contributed by atoms with van der Waals surface area (Å²) in [6, 6.07) is 12.6. The molecule has 0 radical (unpaired) electrons. The number of aromatic nitrogens is 1. The van der Waals surface area contributed by atoms with Crippen LogP contribution >= 0.6 is 11.3 Å². The molecule has 50 heavy (non-hydrogen) atoms. The van der Waals surface area contributed by atoms with Gasteiger partial charge in [-0.3, -0.25) is 19.4 Å². The topological polar surface area (TPSA) is 207 Å². The van der Waals surface area contributed by atoms with Crippen molar-refractivity contribution in [2.24, 2.45) is 27.4 Å². The molecule has 15 nitrogen and oxygen atoms in total. The number of aliphatic hydroxyl groups is 1. The third-order valence-corrected chi connectivity index (χ3v) is 8.95. The van der Waals surface area contributed by atoms with E-state index in [1.54, 1.807) is 41.1 Å². The molecule has 2 aromatic carbocycles. The average molecular weight is 711 g/mol. The second-order valence-corrected chi connectivity index (χ2v) is 13.8. The molecule has 0 saturated carbocycles. The number of hydrazine groups is 1. The van der Waals surface area contributed by atoms with Crippen LogP contribution in [0, 0.1) is 12.3 Å². The Morgan fingerprint density at radius 1 is 1.08 bits per heavy atom. The molecule has 0 aliphatic carbocycles. The maximum atomic E-state index is 13.9. The van der Waals surface area contributed by atoms with E-state index in [1.807, 2.05) is 52.0 Å². The molecule has 2 heterocycles. The highest BCUT2D eigenvalue weighted by Crippen LogP contribution is 2.29. The van der Waals surface area contributed by atoms with Gasteiger partial charge < -0.3 is 35.4 Å². The predicted molar refractivity (Wildman–Crippen MR) is 187 cm³/mol. The van der Waals surface area contributed by atoms with Crippen LogP contribution in [0.3, 0.4) is 0 Å². The Kier molecular flexibility index (Phi) is 13.8. The van der Waals surface area contributed by atoms with Gasteiger partial charge in [-0.05, 0) is 47.7 Å². The van der Waals surface area contributed by atoms with Crippen molar-refractivity contribution >= 4 is 34.7 Å². The van der Waals surface area contributed by atoms with E-state index in [9.17, 15) is 19.5 Å². The van der Waals surface area contributed by atoms with Gasteiger partial charge in [0, 0.05) is 13.0 Å². The molecule has 1 aliphatic rings. The Morgan fingerprint density at radius 3 is 2.40 bits per heavy atom. The second kappa shape index (κ2) is 18.0. The summed E-state index contributed by atoms with van der Waals surface area (Å²) >= 11 is 1.55. The number of nitrogens with zero attached hydrogens (tertiary/aromatic N) is 5. The van der Waals surface area contributed by atoms with Crippen LogP contribution in [0.25, 0.3) is 10.4 Å². The van der Waals surface area contributed by atoms with Crippen molar-refractivity contribution in [2.75, 3.05) is 39.6 Å². The van der Waals surface area contributed by atoms with Gasteiger partial charge in [0.15, 0.2) is 0 Å². The van der Waals surface area contributed by atoms with Crippen molar-refractivity contribution in [1.82, 2.24) is 20.2 Å². The lowest BCUT2D eigenvalue weighted by molar-refractivity contribution is -0.148. The lowest BCUT2D eigenvalue weighted by atomic mass is 9.85. The number of aryl methyl sites for hydroxylation is 1. The minimum atomic E-state index is -0.992. The van der Waals surface area contributed by atoms with Crippen LogP contribution in [0.1, 0.15) is 38.4 Å². The summed E-state index contributed by atoms with van der Waals surface area (Å²) in [4.78, 5) is 46.9. The highest BCUT2D eigenvalue weighted by molar-refractivity contribution is 7.13. The number of hydrogen-bond acceptors (Lipinski definition) is 12. The number of carbonyl (C=O) groups is 3. The second-order valence-electron chi connectivity index (χ2n) is 12.9. The fourth-order valence-corrected chi connectivity index (χ4v) is 6.21. The number of carbonyl (C=O) groups excluding carboxylic acids is 3. The van der Waals surface area contributed by atoms with E-state index < -0.39 is 41.3 Å². The molecule has 0 spiro atoms. The first kappa shape index (κ1) is 38.3. The molecule has 3 amide bonds. The third-order valence-electron chi connectivity index (χ3n) is 7.97. The summed E-state index contributed by atoms with van der Waals surface area (Å²) in [6.07, 6.45) is -0.878. The summed E-state index contributed by atoms with van der Waals surface area (Å²) in [5, 5.41) is 21.3. The molecule has 1 fully saturated rings. The lowest BCUT2D eigenvalue weighted by Gasteiger charge is -2.36. The van der Waals surface area contributed by atoms with Gasteiger partial charge >= 0.3 is 0 Å². The summed E-state index contributed by atoms with van der Waals surface area (Å²) in [6.45, 7) is 8.13. The quantitative estimate of drug-likeness (QED) is 0.0562. The van der Waals surface area contributed by atoms with E-state index in [-0.39, 0.29) is 39.3 Å². The van der Waals surface area contributed by atoms with Gasteiger partial charge in [-0.25, -0.2) is 10.8 Å². The first-order valence-corrected chi connectivity index (χ1v) is 17.1. The van der Waals surface area contributed by atoms with Crippen LogP contribution in [0.5, 0.6) is 5.75 Å². The predicted octanol–water partition coefficient (Wildman–Crippen LogP) is 2.88. The fraction of sp³-hybridized carbons (Fsp3) is 0.471. The lowest BCUT2D eigenvalue weighted by Crippen LogP contribution is -2.59. The van der Waals surface area contributed by atoms with E-state index in [4.69, 9.17) is 25.9 Å². The summed E-state index contributed by atoms with van der Waals surface area (Å²) in [5.41, 5.74) is 4.46. The minimum Gasteiger partial charge on any atom is -0.491 e. The molecule has 4 rings (SSSR count). The van der Waals surface area contributed by atoms with Gasteiger partial charge in [-0.1, -0.05) is 50.3 Å². The number of nitrogens with one attached hydrogen (secondary N) is 1. The molecule has 0 unspecified atom stereocenters. The van der Waals surface area contributed by atoms with Crippen LogP contribution in [-0.2, 0) is 30.4 Å². The number of hydrogen-bond donors (Lipinski definition) is 4. The minimum absolute atomic E-state index is 0.0364. The van der Waals surface area contributed by atoms with Crippen LogP contribution in [0.2, 0.25) is 0 Å². The zero-order valence-electron chi connectivity index (χ0n) is 28.8. The summed E-state index contributed by atoms with van der Waals surface area (Å²) in [7, 11) is 0. The number of rotatable bonds is 16. The van der Waals surface area contributed by atoms with Gasteiger partial charge in [0.1, 0.15) is 31.0 Å². The van der Waals surface area contributed by atoms with E-state index in [0.29, 0.717) is 24.7 Å². The van der Waals surface area contributed by atoms with Gasteiger partial charge in [0.2, 0.25) is 11.8 Å². The van der Waals surface area contributed by atoms with Gasteiger partial charge in [-0.15, -0.1) is 16.5 Å². The molecule has 270 valence electrons. The van der Waals surface area contributed by atoms with E-state index >= 15 is 0 Å². The first-order chi connectivity index (χ1) is 23.9. The first-order valence-electron chi connectivity index (χ1n) is 16.2. The van der Waals surface area contributed by atoms with E-state index in [2.05, 4.69) is 20.6 Å². The largest absolute Gasteiger partial charge is 0.491 e. The van der Waals surface area contributed by atoms with Crippen LogP contribution in [0.15, 0.2) is 64.4 Å². The molecule has 1 aromatic heterocycles. The Bertz CT molecular complexity index is 1590. The van der Waals surface area contributed by atoms with Crippen molar-refractivity contribution in [1.29, 1.82) is 0 Å². The Morgan fingerprint density at radius 2 is 1.76 bits per heavy atom. The molecule has 3 atom stereocenters. The van der Waals surface area contributed by atoms with Crippen molar-refractivity contribution in [3.05, 3.63) is 65.3 Å². The maximum absolute atomic E-state index is 13.9. The number of nitrogens with two attached hydrogens (primary N) is 2. The average Bonchev–Trinajstić information content (AvgIpc) is 3.70. The standard InChI is InChI=1S/C34H46N8O7S/c1-22-30(50-21-37-22)24-7-5-23(6-8-24)18-42(36)32(45)28-17-26(43)19-41(28)33(46)31(34(2,3)4)38-29(44)20-48-14-13-47-15-16-49-27-11-9-25(10-12-27)39-40-35/h5-12,21,26,28,31,43H,13-20,36H2,1-4H3,(H2,35,39)(H,38,44)/t26-,28+,31-/m1/s1. The molecule has 6 N–H and O–H groups in total. The molecular weight excluding hydrogens is 664 g/mol. The number of β-amino-alcohol motifs (C(OH)–C–C–N with tert-alkyl or cyclic N) is 1. The zero-order chi connectivity index (χ0) is 36.3. The molecule has 16 heteroatoms. The Balaban J connectivity index is 1.23. The summed E-state index contributed by atoms with van der Waals surface area (Å²) < 4.78 is 16.6. The number of benzene rings is 2. The normalized spacial score (nSPS) is 16.8. The molecule has 0 bridgehead atoms. The van der Waals surface area contributed by atoms with Crippen molar-refractivity contribution in [3.8, 4) is 16.2 Å². The number of aliphatic hydroxyl groups excluding tert-OH is 1. The molecular formula is C34H46N8O7S. The third kappa shape index (κ3) is 10.8. The van der Waals surface area contributed by atoms with Gasteiger partial charge in [0.25, 0.3) is 5.91 Å².